The highest BCUT2D eigenvalue weighted by atomic mass is 35.5. The molecule has 3 aromatic rings. The fraction of sp³-hybridized carbons (Fsp3) is 0.233. The van der Waals surface area contributed by atoms with Crippen molar-refractivity contribution >= 4 is 41.7 Å². The Morgan fingerprint density at radius 3 is 2.65 bits per heavy atom. The zero-order valence-electron chi connectivity index (χ0n) is 22.1. The number of aromatic nitrogens is 1. The van der Waals surface area contributed by atoms with Crippen LogP contribution in [0.15, 0.2) is 76.9 Å². The monoisotopic (exact) mass is 556 g/mol. The number of ketones is 1. The number of amidine groups is 1. The summed E-state index contributed by atoms with van der Waals surface area (Å²) in [6.45, 7) is 8.10. The lowest BCUT2D eigenvalue weighted by Crippen LogP contribution is -2.49. The van der Waals surface area contributed by atoms with E-state index in [2.05, 4.69) is 33.6 Å². The third kappa shape index (κ3) is 6.14. The molecule has 0 radical (unpaired) electrons. The molecule has 2 aromatic carbocycles. The molecule has 1 fully saturated rings. The van der Waals surface area contributed by atoms with Crippen LogP contribution in [0.5, 0.6) is 11.5 Å². The van der Waals surface area contributed by atoms with E-state index >= 15 is 0 Å². The molecule has 1 aliphatic rings. The first-order valence-corrected chi connectivity index (χ1v) is 13.1. The Morgan fingerprint density at radius 1 is 1.20 bits per heavy atom. The van der Waals surface area contributed by atoms with E-state index in [1.165, 1.54) is 0 Å². The molecular formula is C30H29ClN6O3. The molecular weight excluding hydrogens is 528 g/mol. The minimum absolute atomic E-state index is 0.0926. The number of nitrogens with zero attached hydrogens (tertiary/aromatic N) is 4. The second kappa shape index (κ2) is 12.9. The summed E-state index contributed by atoms with van der Waals surface area (Å²) >= 11 is 6.53. The van der Waals surface area contributed by atoms with E-state index in [-0.39, 0.29) is 33.9 Å². The molecule has 1 atom stereocenters. The number of nitrogens with one attached hydrogen (secondary N) is 2. The topological polar surface area (TPSA) is 123 Å². The summed E-state index contributed by atoms with van der Waals surface area (Å²) in [4.78, 5) is 39.5. The van der Waals surface area contributed by atoms with Crippen molar-refractivity contribution in [2.75, 3.05) is 20.1 Å². The third-order valence-corrected chi connectivity index (χ3v) is 6.99. The number of hydrogen-bond donors (Lipinski definition) is 2. The average Bonchev–Trinajstić information content (AvgIpc) is 3.41. The largest absolute Gasteiger partial charge is 0.457 e. The Balaban J connectivity index is 1.56. The highest BCUT2D eigenvalue weighted by Gasteiger charge is 2.29. The Labute approximate surface area is 237 Å². The number of hydrogen-bond acceptors (Lipinski definition) is 6. The molecule has 1 unspecified atom stereocenters. The number of carbonyl (C=O) groups excluding carboxylic acids is 2. The van der Waals surface area contributed by atoms with Gasteiger partial charge in [-0.25, -0.2) is 4.99 Å². The van der Waals surface area contributed by atoms with Gasteiger partial charge in [0.25, 0.3) is 5.91 Å². The zero-order valence-corrected chi connectivity index (χ0v) is 22.9. The van der Waals surface area contributed by atoms with Gasteiger partial charge in [-0.15, -0.1) is 0 Å². The number of para-hydroxylation sites is 1. The Kier molecular flexibility index (Phi) is 9.15. The molecule has 1 saturated heterocycles. The highest BCUT2D eigenvalue weighted by Crippen LogP contribution is 2.31. The Bertz CT molecular complexity index is 1510. The summed E-state index contributed by atoms with van der Waals surface area (Å²) in [5, 5.41) is 12.7. The van der Waals surface area contributed by atoms with E-state index in [4.69, 9.17) is 21.6 Å². The van der Waals surface area contributed by atoms with Crippen molar-refractivity contribution in [1.29, 1.82) is 5.26 Å². The normalized spacial score (nSPS) is 15.2. The van der Waals surface area contributed by atoms with Gasteiger partial charge in [-0.3, -0.25) is 14.6 Å². The number of rotatable bonds is 9. The number of ether oxygens (including phenoxy) is 1. The maximum absolute atomic E-state index is 13.7. The predicted molar refractivity (Wildman–Crippen MR) is 156 cm³/mol. The number of nitriles is 1. The van der Waals surface area contributed by atoms with E-state index in [1.54, 1.807) is 36.3 Å². The van der Waals surface area contributed by atoms with Crippen molar-refractivity contribution in [1.82, 2.24) is 15.2 Å². The fourth-order valence-electron chi connectivity index (χ4n) is 4.66. The van der Waals surface area contributed by atoms with Crippen molar-refractivity contribution in [3.8, 4) is 17.6 Å². The number of piperidine rings is 1. The van der Waals surface area contributed by atoms with Gasteiger partial charge in [-0.2, -0.15) is 5.26 Å². The maximum Gasteiger partial charge on any atom is 0.264 e. The Hall–Kier alpha value is -4.68. The van der Waals surface area contributed by atoms with Gasteiger partial charge in [0.2, 0.25) is 0 Å². The molecule has 0 bridgehead atoms. The number of H-pyrrole nitrogens is 1. The second-order valence-electron chi connectivity index (χ2n) is 9.16. The van der Waals surface area contributed by atoms with Gasteiger partial charge in [-0.1, -0.05) is 36.4 Å². The standard InChI is InChI=1S/C30H29ClN6O3/c1-19(16-32)30(39)37-14-8-7-9-20(37)17-35-28(33-2)26-24(18-36-29(26)34-3)27(38)23-13-12-22(15-25(23)31)40-21-10-5-4-6-11-21/h4-6,10-13,15,18,20,36H,1,3,7-9,14,17H2,2H3,(H,33,35). The van der Waals surface area contributed by atoms with Crippen molar-refractivity contribution < 1.29 is 14.3 Å². The number of carbonyl (C=O) groups is 2. The number of amides is 1. The molecule has 0 aliphatic carbocycles. The van der Waals surface area contributed by atoms with Crippen LogP contribution in [0.2, 0.25) is 5.02 Å². The lowest BCUT2D eigenvalue weighted by molar-refractivity contribution is -0.130. The van der Waals surface area contributed by atoms with Gasteiger partial charge >= 0.3 is 0 Å². The van der Waals surface area contributed by atoms with Crippen LogP contribution in [-0.2, 0) is 4.79 Å². The molecule has 0 spiro atoms. The summed E-state index contributed by atoms with van der Waals surface area (Å²) < 4.78 is 5.83. The molecule has 9 nitrogen and oxygen atoms in total. The van der Waals surface area contributed by atoms with Gasteiger partial charge in [0, 0.05) is 44.0 Å². The van der Waals surface area contributed by atoms with Crippen LogP contribution in [0.25, 0.3) is 0 Å². The van der Waals surface area contributed by atoms with Crippen LogP contribution in [0.3, 0.4) is 0 Å². The molecule has 2 heterocycles. The van der Waals surface area contributed by atoms with Gasteiger partial charge in [0.05, 0.1) is 16.1 Å². The summed E-state index contributed by atoms with van der Waals surface area (Å²) in [6, 6.07) is 15.8. The summed E-state index contributed by atoms with van der Waals surface area (Å²) in [5.74, 6) is 1.22. The first kappa shape index (κ1) is 28.3. The number of likely N-dealkylation sites (tertiary alicyclic amines) is 1. The number of aliphatic imine (C=N–C) groups is 2. The lowest BCUT2D eigenvalue weighted by atomic mass is 9.99. The zero-order chi connectivity index (χ0) is 28.6. The predicted octanol–water partition coefficient (Wildman–Crippen LogP) is 5.45. The van der Waals surface area contributed by atoms with Crippen molar-refractivity contribution in [2.24, 2.45) is 9.98 Å². The molecule has 1 amide bonds. The molecule has 1 aromatic heterocycles. The van der Waals surface area contributed by atoms with Crippen molar-refractivity contribution in [3.63, 3.8) is 0 Å². The third-order valence-electron chi connectivity index (χ3n) is 6.67. The van der Waals surface area contributed by atoms with Crippen LogP contribution in [-0.4, -0.2) is 60.3 Å². The van der Waals surface area contributed by atoms with E-state index in [1.807, 2.05) is 36.4 Å². The molecule has 10 heteroatoms. The molecule has 4 rings (SSSR count). The first-order chi connectivity index (χ1) is 19.4. The molecule has 40 heavy (non-hydrogen) atoms. The number of halogens is 1. The molecule has 1 aliphatic heterocycles. The second-order valence-corrected chi connectivity index (χ2v) is 9.57. The summed E-state index contributed by atoms with van der Waals surface area (Å²) in [7, 11) is 1.60. The van der Waals surface area contributed by atoms with Gasteiger partial charge in [0.1, 0.15) is 34.8 Å². The smallest absolute Gasteiger partial charge is 0.264 e. The minimum Gasteiger partial charge on any atom is -0.457 e. The first-order valence-electron chi connectivity index (χ1n) is 12.7. The van der Waals surface area contributed by atoms with E-state index in [9.17, 15) is 9.59 Å². The van der Waals surface area contributed by atoms with Gasteiger partial charge < -0.3 is 19.9 Å². The summed E-state index contributed by atoms with van der Waals surface area (Å²) in [6.07, 6.45) is 4.11. The number of benzene rings is 2. The quantitative estimate of drug-likeness (QED) is 0.119. The Morgan fingerprint density at radius 2 is 1.98 bits per heavy atom. The van der Waals surface area contributed by atoms with Crippen LogP contribution in [0, 0.1) is 11.3 Å². The van der Waals surface area contributed by atoms with E-state index in [0.29, 0.717) is 47.4 Å². The van der Waals surface area contributed by atoms with E-state index in [0.717, 1.165) is 19.3 Å². The minimum atomic E-state index is -0.371. The van der Waals surface area contributed by atoms with Crippen LogP contribution < -0.4 is 10.1 Å². The molecule has 2 N–H and O–H groups in total. The SMILES string of the molecule is C=Nc1[nH]cc(C(=O)c2ccc(Oc3ccccc3)cc2Cl)c1/C(=N\C)NCC1CCCCN1C(=O)C(=C)C#N. The number of aromatic amines is 1. The van der Waals surface area contributed by atoms with Gasteiger partial charge in [0.15, 0.2) is 5.78 Å². The van der Waals surface area contributed by atoms with E-state index < -0.39 is 0 Å². The average molecular weight is 557 g/mol. The molecule has 204 valence electrons. The van der Waals surface area contributed by atoms with Crippen LogP contribution >= 0.6 is 11.6 Å². The van der Waals surface area contributed by atoms with Gasteiger partial charge in [-0.05, 0) is 50.2 Å². The fourth-order valence-corrected chi connectivity index (χ4v) is 4.92. The molecule has 0 saturated carbocycles. The van der Waals surface area contributed by atoms with Crippen LogP contribution in [0.4, 0.5) is 5.82 Å². The van der Waals surface area contributed by atoms with Crippen molar-refractivity contribution in [3.05, 3.63) is 88.6 Å². The van der Waals surface area contributed by atoms with Crippen molar-refractivity contribution in [2.45, 2.75) is 25.3 Å². The maximum atomic E-state index is 13.7. The highest BCUT2D eigenvalue weighted by molar-refractivity contribution is 6.35. The summed E-state index contributed by atoms with van der Waals surface area (Å²) in [5.41, 5.74) is 0.944. The lowest BCUT2D eigenvalue weighted by Gasteiger charge is -2.36. The van der Waals surface area contributed by atoms with Crippen LogP contribution in [0.1, 0.15) is 40.7 Å².